The van der Waals surface area contributed by atoms with E-state index in [2.05, 4.69) is 15.3 Å². The number of carboxylic acids is 1. The van der Waals surface area contributed by atoms with Crippen molar-refractivity contribution in [1.29, 1.82) is 0 Å². The topological polar surface area (TPSA) is 115 Å². The van der Waals surface area contributed by atoms with E-state index in [1.807, 2.05) is 18.2 Å². The molecule has 112 valence electrons. The predicted molar refractivity (Wildman–Crippen MR) is 77.6 cm³/mol. The Hall–Kier alpha value is -2.53. The van der Waals surface area contributed by atoms with Crippen molar-refractivity contribution in [2.24, 2.45) is 5.11 Å². The van der Waals surface area contributed by atoms with E-state index in [4.69, 9.17) is 5.53 Å². The summed E-state index contributed by atoms with van der Waals surface area (Å²) in [6, 6.07) is 7.61. The number of nitrogens with one attached hydrogen (secondary N) is 1. The van der Waals surface area contributed by atoms with Gasteiger partial charge in [-0.25, -0.2) is 4.79 Å². The van der Waals surface area contributed by atoms with Gasteiger partial charge in [0.05, 0.1) is 0 Å². The summed E-state index contributed by atoms with van der Waals surface area (Å²) in [7, 11) is 0. The molecule has 1 aromatic rings. The van der Waals surface area contributed by atoms with Gasteiger partial charge in [-0.15, -0.1) is 0 Å². The van der Waals surface area contributed by atoms with Crippen LogP contribution in [-0.4, -0.2) is 29.1 Å². The number of aliphatic carboxylic acids is 1. The lowest BCUT2D eigenvalue weighted by Crippen LogP contribution is -2.43. The highest BCUT2D eigenvalue weighted by atomic mass is 16.4. The molecule has 1 rings (SSSR count). The van der Waals surface area contributed by atoms with Crippen molar-refractivity contribution in [1.82, 2.24) is 5.32 Å². The SMILES string of the molecule is CCC(CC(=O)NC(Cc1ccccc1)C(=O)O)N=[N+]=[N-]. The van der Waals surface area contributed by atoms with Gasteiger partial charge in [-0.05, 0) is 17.5 Å². The summed E-state index contributed by atoms with van der Waals surface area (Å²) >= 11 is 0. The Labute approximate surface area is 122 Å². The van der Waals surface area contributed by atoms with Gasteiger partial charge in [-0.3, -0.25) is 4.79 Å². The number of hydrogen-bond acceptors (Lipinski definition) is 3. The van der Waals surface area contributed by atoms with E-state index in [1.54, 1.807) is 19.1 Å². The van der Waals surface area contributed by atoms with Crippen molar-refractivity contribution in [2.45, 2.75) is 38.3 Å². The summed E-state index contributed by atoms with van der Waals surface area (Å²) in [5.41, 5.74) is 9.20. The molecule has 0 saturated heterocycles. The molecule has 0 radical (unpaired) electrons. The summed E-state index contributed by atoms with van der Waals surface area (Å²) in [5.74, 6) is -1.53. The molecule has 21 heavy (non-hydrogen) atoms. The predicted octanol–water partition coefficient (Wildman–Crippen LogP) is 2.28. The lowest BCUT2D eigenvalue weighted by Gasteiger charge is -2.16. The van der Waals surface area contributed by atoms with E-state index in [0.29, 0.717) is 6.42 Å². The fraction of sp³-hybridized carbons (Fsp3) is 0.429. The smallest absolute Gasteiger partial charge is 0.326 e. The molecule has 0 bridgehead atoms. The Morgan fingerprint density at radius 2 is 2.05 bits per heavy atom. The largest absolute Gasteiger partial charge is 0.480 e. The Morgan fingerprint density at radius 1 is 1.38 bits per heavy atom. The van der Waals surface area contributed by atoms with Crippen LogP contribution in [0.5, 0.6) is 0 Å². The van der Waals surface area contributed by atoms with E-state index in [-0.39, 0.29) is 12.8 Å². The molecule has 2 unspecified atom stereocenters. The number of nitrogens with zero attached hydrogens (tertiary/aromatic N) is 3. The van der Waals surface area contributed by atoms with Gasteiger partial charge in [0.1, 0.15) is 6.04 Å². The maximum atomic E-state index is 11.8. The van der Waals surface area contributed by atoms with Gasteiger partial charge < -0.3 is 10.4 Å². The molecule has 0 aliphatic rings. The van der Waals surface area contributed by atoms with Gasteiger partial charge >= 0.3 is 5.97 Å². The standard InChI is InChI=1S/C14H18N4O3/c1-2-11(17-18-15)9-13(19)16-12(14(20)21)8-10-6-4-3-5-7-10/h3-7,11-12H,2,8-9H2,1H3,(H,16,19)(H,20,21). The number of azide groups is 1. The molecule has 7 nitrogen and oxygen atoms in total. The minimum Gasteiger partial charge on any atom is -0.480 e. The Bertz CT molecular complexity index is 526. The second-order valence-electron chi connectivity index (χ2n) is 4.62. The third-order valence-corrected chi connectivity index (χ3v) is 3.02. The van der Waals surface area contributed by atoms with Gasteiger partial charge in [0.25, 0.3) is 0 Å². The zero-order valence-corrected chi connectivity index (χ0v) is 11.8. The van der Waals surface area contributed by atoms with Crippen LogP contribution in [0.1, 0.15) is 25.3 Å². The molecule has 0 aliphatic carbocycles. The van der Waals surface area contributed by atoms with Gasteiger partial charge in [-0.1, -0.05) is 42.4 Å². The number of benzene rings is 1. The second-order valence-corrected chi connectivity index (χ2v) is 4.62. The van der Waals surface area contributed by atoms with Crippen LogP contribution in [0.15, 0.2) is 35.4 Å². The van der Waals surface area contributed by atoms with Crippen LogP contribution in [0, 0.1) is 0 Å². The Morgan fingerprint density at radius 3 is 2.57 bits per heavy atom. The first-order valence-corrected chi connectivity index (χ1v) is 6.67. The molecule has 7 heteroatoms. The molecule has 0 spiro atoms. The number of amides is 1. The van der Waals surface area contributed by atoms with Gasteiger partial charge in [0.15, 0.2) is 0 Å². The minimum atomic E-state index is -1.09. The van der Waals surface area contributed by atoms with Gasteiger partial charge in [0, 0.05) is 23.8 Å². The quantitative estimate of drug-likeness (QED) is 0.434. The monoisotopic (exact) mass is 290 g/mol. The van der Waals surface area contributed by atoms with E-state index in [1.165, 1.54) is 0 Å². The summed E-state index contributed by atoms with van der Waals surface area (Å²) in [6.45, 7) is 1.80. The van der Waals surface area contributed by atoms with Crippen LogP contribution in [0.4, 0.5) is 0 Å². The maximum absolute atomic E-state index is 11.8. The molecule has 2 atom stereocenters. The average molecular weight is 290 g/mol. The third-order valence-electron chi connectivity index (χ3n) is 3.02. The lowest BCUT2D eigenvalue weighted by atomic mass is 10.1. The summed E-state index contributed by atoms with van der Waals surface area (Å²) < 4.78 is 0. The van der Waals surface area contributed by atoms with Crippen molar-refractivity contribution in [3.63, 3.8) is 0 Å². The molecule has 1 amide bonds. The fourth-order valence-corrected chi connectivity index (χ4v) is 1.86. The number of carbonyl (C=O) groups is 2. The van der Waals surface area contributed by atoms with Gasteiger partial charge in [-0.2, -0.15) is 0 Å². The van der Waals surface area contributed by atoms with Crippen LogP contribution >= 0.6 is 0 Å². The molecule has 1 aromatic carbocycles. The summed E-state index contributed by atoms with van der Waals surface area (Å²) in [6.07, 6.45) is 0.716. The number of hydrogen-bond donors (Lipinski definition) is 2. The Balaban J connectivity index is 2.64. The normalized spacial score (nSPS) is 12.8. The van der Waals surface area contributed by atoms with Crippen molar-refractivity contribution >= 4 is 11.9 Å². The zero-order valence-electron chi connectivity index (χ0n) is 11.8. The van der Waals surface area contributed by atoms with Crippen LogP contribution in [0.3, 0.4) is 0 Å². The highest BCUT2D eigenvalue weighted by Gasteiger charge is 2.21. The van der Waals surface area contributed by atoms with Crippen LogP contribution in [-0.2, 0) is 16.0 Å². The molecule has 0 aromatic heterocycles. The highest BCUT2D eigenvalue weighted by Crippen LogP contribution is 2.06. The van der Waals surface area contributed by atoms with Crippen molar-refractivity contribution in [3.8, 4) is 0 Å². The summed E-state index contributed by atoms with van der Waals surface area (Å²) in [4.78, 5) is 25.7. The summed E-state index contributed by atoms with van der Waals surface area (Å²) in [5, 5.41) is 15.1. The molecule has 0 fully saturated rings. The number of rotatable bonds is 8. The molecular weight excluding hydrogens is 272 g/mol. The Kier molecular flexibility index (Phi) is 6.77. The number of carboxylic acid groups (broad SMARTS) is 1. The van der Waals surface area contributed by atoms with E-state index < -0.39 is 24.0 Å². The average Bonchev–Trinajstić information content (AvgIpc) is 2.47. The van der Waals surface area contributed by atoms with Gasteiger partial charge in [0.2, 0.25) is 5.91 Å². The third kappa shape index (κ3) is 5.97. The van der Waals surface area contributed by atoms with Crippen molar-refractivity contribution in [2.75, 3.05) is 0 Å². The highest BCUT2D eigenvalue weighted by molar-refractivity contribution is 5.84. The van der Waals surface area contributed by atoms with Crippen molar-refractivity contribution < 1.29 is 14.7 Å². The molecule has 0 heterocycles. The first-order valence-electron chi connectivity index (χ1n) is 6.67. The van der Waals surface area contributed by atoms with E-state index in [0.717, 1.165) is 5.56 Å². The molecular formula is C14H18N4O3. The molecule has 0 saturated carbocycles. The van der Waals surface area contributed by atoms with E-state index >= 15 is 0 Å². The van der Waals surface area contributed by atoms with Crippen LogP contribution in [0.25, 0.3) is 10.4 Å². The fourth-order valence-electron chi connectivity index (χ4n) is 1.86. The minimum absolute atomic E-state index is 0.0148. The number of carbonyl (C=O) groups excluding carboxylic acids is 1. The first-order chi connectivity index (χ1) is 10.1. The molecule has 0 aliphatic heterocycles. The maximum Gasteiger partial charge on any atom is 0.326 e. The first kappa shape index (κ1) is 16.5. The van der Waals surface area contributed by atoms with Crippen molar-refractivity contribution in [3.05, 3.63) is 46.3 Å². The molecule has 2 N–H and O–H groups in total. The van der Waals surface area contributed by atoms with Crippen LogP contribution in [0.2, 0.25) is 0 Å². The lowest BCUT2D eigenvalue weighted by molar-refractivity contribution is -0.141. The van der Waals surface area contributed by atoms with E-state index in [9.17, 15) is 14.7 Å². The van der Waals surface area contributed by atoms with Crippen LogP contribution < -0.4 is 5.32 Å². The zero-order chi connectivity index (χ0) is 15.7. The second kappa shape index (κ2) is 8.60.